The Balaban J connectivity index is 1.78. The molecule has 1 saturated heterocycles. The summed E-state index contributed by atoms with van der Waals surface area (Å²) in [5, 5.41) is 1.06. The van der Waals surface area contributed by atoms with E-state index < -0.39 is 0 Å². The SMILES string of the molecule is CC1(N)CCN(c2nccn3c(-c4cccc(Cl)c4Cl)cnc23)CC1. The van der Waals surface area contributed by atoms with Gasteiger partial charge in [-0.25, -0.2) is 9.97 Å². The lowest BCUT2D eigenvalue weighted by Crippen LogP contribution is -2.48. The number of imidazole rings is 1. The Morgan fingerprint density at radius 3 is 2.68 bits per heavy atom. The number of benzene rings is 1. The van der Waals surface area contributed by atoms with Gasteiger partial charge in [0.1, 0.15) is 0 Å². The molecule has 1 aliphatic heterocycles. The van der Waals surface area contributed by atoms with E-state index in [0.717, 1.165) is 48.7 Å². The molecular formula is C18H19Cl2N5. The molecule has 1 aliphatic rings. The second kappa shape index (κ2) is 6.16. The summed E-state index contributed by atoms with van der Waals surface area (Å²) < 4.78 is 2.01. The Morgan fingerprint density at radius 1 is 1.16 bits per heavy atom. The van der Waals surface area contributed by atoms with Gasteiger partial charge in [-0.15, -0.1) is 0 Å². The van der Waals surface area contributed by atoms with Crippen molar-refractivity contribution in [3.8, 4) is 11.3 Å². The predicted molar refractivity (Wildman–Crippen MR) is 102 cm³/mol. The van der Waals surface area contributed by atoms with Crippen molar-refractivity contribution in [2.75, 3.05) is 18.0 Å². The number of nitrogens with two attached hydrogens (primary N) is 1. The fourth-order valence-corrected chi connectivity index (χ4v) is 3.66. The molecule has 7 heteroatoms. The number of aromatic nitrogens is 3. The first-order valence-corrected chi connectivity index (χ1v) is 9.02. The maximum atomic E-state index is 6.39. The standard InChI is InChI=1S/C18H19Cl2N5/c1-18(21)5-8-24(9-6-18)16-17-23-11-14(25(17)10-7-22-16)12-3-2-4-13(19)15(12)20/h2-4,7,10-11H,5-6,8-9,21H2,1H3. The van der Waals surface area contributed by atoms with Crippen LogP contribution in [0.3, 0.4) is 0 Å². The number of nitrogens with zero attached hydrogens (tertiary/aromatic N) is 4. The maximum Gasteiger partial charge on any atom is 0.180 e. The van der Waals surface area contributed by atoms with Gasteiger partial charge in [-0.1, -0.05) is 35.3 Å². The normalized spacial score (nSPS) is 17.2. The molecule has 1 aromatic carbocycles. The lowest BCUT2D eigenvalue weighted by molar-refractivity contribution is 0.363. The molecule has 0 amide bonds. The van der Waals surface area contributed by atoms with Crippen LogP contribution in [0.25, 0.3) is 16.9 Å². The van der Waals surface area contributed by atoms with Crippen molar-refractivity contribution in [3.63, 3.8) is 0 Å². The Labute approximate surface area is 156 Å². The van der Waals surface area contributed by atoms with E-state index in [2.05, 4.69) is 21.8 Å². The van der Waals surface area contributed by atoms with Crippen LogP contribution in [0.2, 0.25) is 10.0 Å². The van der Waals surface area contributed by atoms with Gasteiger partial charge in [0.05, 0.1) is 21.9 Å². The van der Waals surface area contributed by atoms with E-state index in [1.807, 2.05) is 28.9 Å². The van der Waals surface area contributed by atoms with Gasteiger partial charge in [0, 0.05) is 36.6 Å². The molecule has 0 aliphatic carbocycles. The molecule has 130 valence electrons. The second-order valence-corrected chi connectivity index (χ2v) is 7.62. The highest BCUT2D eigenvalue weighted by Crippen LogP contribution is 2.35. The van der Waals surface area contributed by atoms with Gasteiger partial charge in [-0.05, 0) is 25.8 Å². The van der Waals surface area contributed by atoms with Gasteiger partial charge in [0.15, 0.2) is 11.5 Å². The van der Waals surface area contributed by atoms with Gasteiger partial charge in [-0.3, -0.25) is 4.40 Å². The number of hydrogen-bond acceptors (Lipinski definition) is 4. The van der Waals surface area contributed by atoms with Crippen molar-refractivity contribution in [1.82, 2.24) is 14.4 Å². The Hall–Kier alpha value is -1.82. The lowest BCUT2D eigenvalue weighted by atomic mass is 9.91. The lowest BCUT2D eigenvalue weighted by Gasteiger charge is -2.37. The van der Waals surface area contributed by atoms with Gasteiger partial charge >= 0.3 is 0 Å². The summed E-state index contributed by atoms with van der Waals surface area (Å²) in [4.78, 5) is 11.4. The number of fused-ring (bicyclic) bond motifs is 1. The summed E-state index contributed by atoms with van der Waals surface area (Å²) in [6.45, 7) is 3.85. The molecule has 25 heavy (non-hydrogen) atoms. The molecule has 4 rings (SSSR count). The highest BCUT2D eigenvalue weighted by Gasteiger charge is 2.28. The molecule has 3 heterocycles. The quantitative estimate of drug-likeness (QED) is 0.734. The second-order valence-electron chi connectivity index (χ2n) is 6.83. The zero-order valence-corrected chi connectivity index (χ0v) is 15.4. The molecule has 0 radical (unpaired) electrons. The van der Waals surface area contributed by atoms with Crippen molar-refractivity contribution in [3.05, 3.63) is 46.8 Å². The third kappa shape index (κ3) is 2.97. The molecule has 0 atom stereocenters. The van der Waals surface area contributed by atoms with Crippen LogP contribution in [0.15, 0.2) is 36.8 Å². The van der Waals surface area contributed by atoms with Crippen molar-refractivity contribution in [2.45, 2.75) is 25.3 Å². The Kier molecular flexibility index (Phi) is 4.10. The van der Waals surface area contributed by atoms with Gasteiger partial charge < -0.3 is 10.6 Å². The number of halogens is 2. The van der Waals surface area contributed by atoms with Crippen molar-refractivity contribution >= 4 is 34.7 Å². The molecule has 2 aromatic heterocycles. The summed E-state index contributed by atoms with van der Waals surface area (Å²) in [6.07, 6.45) is 7.37. The minimum atomic E-state index is -0.101. The van der Waals surface area contributed by atoms with Crippen LogP contribution < -0.4 is 10.6 Å². The van der Waals surface area contributed by atoms with Gasteiger partial charge in [0.2, 0.25) is 0 Å². The minimum Gasteiger partial charge on any atom is -0.353 e. The van der Waals surface area contributed by atoms with E-state index >= 15 is 0 Å². The summed E-state index contributed by atoms with van der Waals surface area (Å²) in [6, 6.07) is 5.61. The number of anilines is 1. The zero-order chi connectivity index (χ0) is 17.6. The Morgan fingerprint density at radius 2 is 1.92 bits per heavy atom. The summed E-state index contributed by atoms with van der Waals surface area (Å²) in [7, 11) is 0. The smallest absolute Gasteiger partial charge is 0.180 e. The summed E-state index contributed by atoms with van der Waals surface area (Å²) in [5.74, 6) is 0.877. The molecule has 0 saturated carbocycles. The van der Waals surface area contributed by atoms with E-state index in [0.29, 0.717) is 10.0 Å². The summed E-state index contributed by atoms with van der Waals surface area (Å²) in [5.41, 5.74) is 8.71. The van der Waals surface area contributed by atoms with E-state index in [1.54, 1.807) is 12.3 Å². The average molecular weight is 376 g/mol. The van der Waals surface area contributed by atoms with E-state index in [-0.39, 0.29) is 5.54 Å². The number of rotatable bonds is 2. The van der Waals surface area contributed by atoms with Crippen LogP contribution in [-0.4, -0.2) is 33.0 Å². The average Bonchev–Trinajstić information content (AvgIpc) is 3.01. The first kappa shape index (κ1) is 16.6. The minimum absolute atomic E-state index is 0.101. The molecule has 0 bridgehead atoms. The first-order chi connectivity index (χ1) is 12.0. The van der Waals surface area contributed by atoms with Gasteiger partial charge in [-0.2, -0.15) is 0 Å². The zero-order valence-electron chi connectivity index (χ0n) is 13.9. The molecule has 0 spiro atoms. The Bertz CT molecular complexity index is 924. The van der Waals surface area contributed by atoms with Crippen molar-refractivity contribution in [1.29, 1.82) is 0 Å². The third-order valence-corrected chi connectivity index (χ3v) is 5.66. The predicted octanol–water partition coefficient (Wildman–Crippen LogP) is 4.02. The molecule has 5 nitrogen and oxygen atoms in total. The van der Waals surface area contributed by atoms with Crippen molar-refractivity contribution in [2.24, 2.45) is 5.73 Å². The van der Waals surface area contributed by atoms with E-state index in [4.69, 9.17) is 28.9 Å². The fraction of sp³-hybridized carbons (Fsp3) is 0.333. The first-order valence-electron chi connectivity index (χ1n) is 8.26. The fourth-order valence-electron chi connectivity index (χ4n) is 3.26. The van der Waals surface area contributed by atoms with E-state index in [1.165, 1.54) is 0 Å². The van der Waals surface area contributed by atoms with Gasteiger partial charge in [0.25, 0.3) is 0 Å². The summed E-state index contributed by atoms with van der Waals surface area (Å²) >= 11 is 12.6. The van der Waals surface area contributed by atoms with Crippen LogP contribution in [0.4, 0.5) is 5.82 Å². The molecule has 3 aromatic rings. The molecule has 2 N–H and O–H groups in total. The molecular weight excluding hydrogens is 357 g/mol. The topological polar surface area (TPSA) is 59.5 Å². The monoisotopic (exact) mass is 375 g/mol. The van der Waals surface area contributed by atoms with Crippen LogP contribution in [0.1, 0.15) is 19.8 Å². The van der Waals surface area contributed by atoms with E-state index in [9.17, 15) is 0 Å². The van der Waals surface area contributed by atoms with Crippen molar-refractivity contribution < 1.29 is 0 Å². The van der Waals surface area contributed by atoms with Crippen LogP contribution in [0, 0.1) is 0 Å². The highest BCUT2D eigenvalue weighted by atomic mass is 35.5. The van der Waals surface area contributed by atoms with Crippen LogP contribution in [-0.2, 0) is 0 Å². The number of hydrogen-bond donors (Lipinski definition) is 1. The highest BCUT2D eigenvalue weighted by molar-refractivity contribution is 6.43. The number of piperidine rings is 1. The third-order valence-electron chi connectivity index (χ3n) is 4.84. The maximum absolute atomic E-state index is 6.39. The largest absolute Gasteiger partial charge is 0.353 e. The van der Waals surface area contributed by atoms with Crippen LogP contribution >= 0.6 is 23.2 Å². The molecule has 1 fully saturated rings. The molecule has 0 unspecified atom stereocenters. The van der Waals surface area contributed by atoms with Crippen LogP contribution in [0.5, 0.6) is 0 Å².